The lowest BCUT2D eigenvalue weighted by Crippen LogP contribution is -2.36. The van der Waals surface area contributed by atoms with Crippen LogP contribution < -0.4 is 16.0 Å². The first kappa shape index (κ1) is 20.9. The first-order valence-electron chi connectivity index (χ1n) is 9.05. The van der Waals surface area contributed by atoms with E-state index in [2.05, 4.69) is 16.0 Å². The zero-order valence-electron chi connectivity index (χ0n) is 15.8. The summed E-state index contributed by atoms with van der Waals surface area (Å²) in [5.41, 5.74) is 1.17. The van der Waals surface area contributed by atoms with Gasteiger partial charge in [0.15, 0.2) is 0 Å². The van der Waals surface area contributed by atoms with Crippen molar-refractivity contribution >= 4 is 29.1 Å². The van der Waals surface area contributed by atoms with Crippen LogP contribution in [0.3, 0.4) is 0 Å². The zero-order chi connectivity index (χ0) is 19.6. The molecule has 2 rings (SSSR count). The van der Waals surface area contributed by atoms with Crippen molar-refractivity contribution in [1.82, 2.24) is 5.32 Å². The number of methoxy groups -OCH3 is 2. The van der Waals surface area contributed by atoms with Crippen LogP contribution in [-0.2, 0) is 19.1 Å². The van der Waals surface area contributed by atoms with Crippen molar-refractivity contribution in [3.8, 4) is 0 Å². The van der Waals surface area contributed by atoms with Crippen molar-refractivity contribution in [3.63, 3.8) is 0 Å². The predicted molar refractivity (Wildman–Crippen MR) is 102 cm³/mol. The van der Waals surface area contributed by atoms with Crippen LogP contribution in [0.15, 0.2) is 18.2 Å². The van der Waals surface area contributed by atoms with Crippen LogP contribution in [0.5, 0.6) is 0 Å². The van der Waals surface area contributed by atoms with Crippen LogP contribution in [0, 0.1) is 0 Å². The van der Waals surface area contributed by atoms with Crippen molar-refractivity contribution in [2.24, 2.45) is 0 Å². The van der Waals surface area contributed by atoms with Gasteiger partial charge in [-0.1, -0.05) is 19.3 Å². The molecule has 148 valence electrons. The van der Waals surface area contributed by atoms with Crippen molar-refractivity contribution in [2.45, 2.75) is 38.1 Å². The first-order chi connectivity index (χ1) is 13.0. The van der Waals surface area contributed by atoms with Gasteiger partial charge >= 0.3 is 0 Å². The fourth-order valence-corrected chi connectivity index (χ4v) is 3.08. The average molecular weight is 377 g/mol. The van der Waals surface area contributed by atoms with Crippen molar-refractivity contribution in [1.29, 1.82) is 0 Å². The monoisotopic (exact) mass is 377 g/mol. The number of nitrogens with one attached hydrogen (secondary N) is 3. The Morgan fingerprint density at radius 3 is 1.89 bits per heavy atom. The molecule has 0 aromatic heterocycles. The second-order valence-electron chi connectivity index (χ2n) is 6.57. The number of rotatable bonds is 8. The highest BCUT2D eigenvalue weighted by Crippen LogP contribution is 2.21. The number of hydrogen-bond acceptors (Lipinski definition) is 5. The maximum atomic E-state index is 12.7. The topological polar surface area (TPSA) is 106 Å². The summed E-state index contributed by atoms with van der Waals surface area (Å²) in [5.74, 6) is -0.931. The van der Waals surface area contributed by atoms with Gasteiger partial charge in [-0.2, -0.15) is 0 Å². The Hall–Kier alpha value is -2.45. The fourth-order valence-electron chi connectivity index (χ4n) is 3.08. The van der Waals surface area contributed by atoms with Crippen molar-refractivity contribution < 1.29 is 23.9 Å². The van der Waals surface area contributed by atoms with E-state index >= 15 is 0 Å². The first-order valence-corrected chi connectivity index (χ1v) is 9.05. The number of carbonyl (C=O) groups is 3. The number of anilines is 2. The molecular formula is C19H27N3O5. The molecule has 0 radical (unpaired) electrons. The van der Waals surface area contributed by atoms with Gasteiger partial charge in [0, 0.05) is 37.2 Å². The molecular weight excluding hydrogens is 350 g/mol. The largest absolute Gasteiger partial charge is 0.375 e. The summed E-state index contributed by atoms with van der Waals surface area (Å²) in [6.45, 7) is -0.215. The summed E-state index contributed by atoms with van der Waals surface area (Å²) in [4.78, 5) is 36.3. The highest BCUT2D eigenvalue weighted by molar-refractivity contribution is 6.01. The van der Waals surface area contributed by atoms with Crippen LogP contribution in [0.4, 0.5) is 11.4 Å². The Balaban J connectivity index is 2.17. The van der Waals surface area contributed by atoms with E-state index in [4.69, 9.17) is 9.47 Å². The lowest BCUT2D eigenvalue weighted by atomic mass is 9.95. The minimum Gasteiger partial charge on any atom is -0.375 e. The molecule has 1 aliphatic carbocycles. The van der Waals surface area contributed by atoms with Gasteiger partial charge in [-0.25, -0.2) is 0 Å². The number of carbonyl (C=O) groups excluding carboxylic acids is 3. The van der Waals surface area contributed by atoms with E-state index in [-0.39, 0.29) is 37.0 Å². The summed E-state index contributed by atoms with van der Waals surface area (Å²) in [5, 5.41) is 8.35. The SMILES string of the molecule is COCC(=O)Nc1cc(NC(=O)COC)cc(C(=O)NC2CCCCC2)c1. The molecule has 1 aliphatic rings. The van der Waals surface area contributed by atoms with Crippen LogP contribution in [-0.4, -0.2) is 51.2 Å². The van der Waals surface area contributed by atoms with E-state index in [1.165, 1.54) is 20.6 Å². The second-order valence-corrected chi connectivity index (χ2v) is 6.57. The second kappa shape index (κ2) is 10.6. The summed E-state index contributed by atoms with van der Waals surface area (Å²) in [6, 6.07) is 4.90. The number of benzene rings is 1. The maximum absolute atomic E-state index is 12.7. The molecule has 0 unspecified atom stereocenters. The molecule has 1 saturated carbocycles. The standard InChI is InChI=1S/C19H27N3O5/c1-26-11-17(23)20-15-8-13(9-16(10-15)21-18(24)12-27-2)19(25)22-14-6-4-3-5-7-14/h8-10,14H,3-7,11-12H2,1-2H3,(H,20,23)(H,21,24)(H,22,25). The Morgan fingerprint density at radius 2 is 1.41 bits per heavy atom. The van der Waals surface area contributed by atoms with Gasteiger partial charge in [-0.05, 0) is 31.0 Å². The molecule has 3 N–H and O–H groups in total. The molecule has 1 aromatic carbocycles. The van der Waals surface area contributed by atoms with E-state index < -0.39 is 0 Å². The van der Waals surface area contributed by atoms with E-state index in [1.54, 1.807) is 18.2 Å². The Morgan fingerprint density at radius 1 is 0.889 bits per heavy atom. The predicted octanol–water partition coefficient (Wildman–Crippen LogP) is 1.92. The van der Waals surface area contributed by atoms with Gasteiger partial charge in [-0.15, -0.1) is 0 Å². The molecule has 0 spiro atoms. The van der Waals surface area contributed by atoms with E-state index in [1.807, 2.05) is 0 Å². The zero-order valence-corrected chi connectivity index (χ0v) is 15.8. The molecule has 1 fully saturated rings. The third-order valence-corrected chi connectivity index (χ3v) is 4.25. The summed E-state index contributed by atoms with van der Waals surface area (Å²) in [7, 11) is 2.84. The third-order valence-electron chi connectivity index (χ3n) is 4.25. The quantitative estimate of drug-likeness (QED) is 0.642. The van der Waals surface area contributed by atoms with Gasteiger partial charge in [0.25, 0.3) is 5.91 Å². The van der Waals surface area contributed by atoms with Crippen LogP contribution in [0.2, 0.25) is 0 Å². The molecule has 0 bridgehead atoms. The smallest absolute Gasteiger partial charge is 0.251 e. The Kier molecular flexibility index (Phi) is 8.22. The van der Waals surface area contributed by atoms with Gasteiger partial charge in [-0.3, -0.25) is 14.4 Å². The lowest BCUT2D eigenvalue weighted by molar-refractivity contribution is -0.120. The minimum atomic E-state index is -0.350. The summed E-state index contributed by atoms with van der Waals surface area (Å²) >= 11 is 0. The molecule has 1 aromatic rings. The van der Waals surface area contributed by atoms with E-state index in [0.29, 0.717) is 16.9 Å². The van der Waals surface area contributed by atoms with Crippen LogP contribution in [0.1, 0.15) is 42.5 Å². The van der Waals surface area contributed by atoms with Gasteiger partial charge in [0.2, 0.25) is 11.8 Å². The Bertz CT molecular complexity index is 633. The van der Waals surface area contributed by atoms with Crippen molar-refractivity contribution in [2.75, 3.05) is 38.1 Å². The van der Waals surface area contributed by atoms with Gasteiger partial charge in [0.05, 0.1) is 0 Å². The molecule has 0 saturated heterocycles. The lowest BCUT2D eigenvalue weighted by Gasteiger charge is -2.23. The van der Waals surface area contributed by atoms with E-state index in [0.717, 1.165) is 25.7 Å². The Labute approximate surface area is 159 Å². The molecule has 0 atom stereocenters. The third kappa shape index (κ3) is 6.99. The normalized spacial score (nSPS) is 14.4. The highest BCUT2D eigenvalue weighted by atomic mass is 16.5. The molecule has 8 heteroatoms. The fraction of sp³-hybridized carbons (Fsp3) is 0.526. The average Bonchev–Trinajstić information content (AvgIpc) is 2.62. The number of ether oxygens (including phenoxy) is 2. The molecule has 0 heterocycles. The maximum Gasteiger partial charge on any atom is 0.251 e. The number of amides is 3. The minimum absolute atomic E-state index is 0.107. The van der Waals surface area contributed by atoms with Crippen molar-refractivity contribution in [3.05, 3.63) is 23.8 Å². The van der Waals surface area contributed by atoms with Gasteiger partial charge in [0.1, 0.15) is 13.2 Å². The summed E-state index contributed by atoms with van der Waals surface area (Å²) < 4.78 is 9.61. The van der Waals surface area contributed by atoms with E-state index in [9.17, 15) is 14.4 Å². The molecule has 27 heavy (non-hydrogen) atoms. The van der Waals surface area contributed by atoms with Crippen LogP contribution >= 0.6 is 0 Å². The molecule has 8 nitrogen and oxygen atoms in total. The highest BCUT2D eigenvalue weighted by Gasteiger charge is 2.18. The van der Waals surface area contributed by atoms with Gasteiger partial charge < -0.3 is 25.4 Å². The summed E-state index contributed by atoms with van der Waals surface area (Å²) in [6.07, 6.45) is 5.34. The number of hydrogen-bond donors (Lipinski definition) is 3. The molecule has 0 aliphatic heterocycles. The van der Waals surface area contributed by atoms with Crippen LogP contribution in [0.25, 0.3) is 0 Å². The molecule has 3 amide bonds.